The molecule has 1 unspecified atom stereocenters. The number of nitrogens with one attached hydrogen (secondary N) is 1. The van der Waals surface area contributed by atoms with E-state index in [4.69, 9.17) is 17.4 Å². The molecule has 0 amide bonds. The maximum absolute atomic E-state index is 13.5. The topological polar surface area (TPSA) is 68.8 Å². The summed E-state index contributed by atoms with van der Waals surface area (Å²) < 4.78 is 15.3. The van der Waals surface area contributed by atoms with Crippen molar-refractivity contribution in [3.63, 3.8) is 0 Å². The summed E-state index contributed by atoms with van der Waals surface area (Å²) in [6, 6.07) is 4.58. The molecule has 108 valence electrons. The second-order valence-electron chi connectivity index (χ2n) is 4.81. The molecule has 2 aromatic rings. The third-order valence-electron chi connectivity index (χ3n) is 3.07. The Kier molecular flexibility index (Phi) is 4.69. The largest absolute Gasteiger partial charge is 0.271 e. The van der Waals surface area contributed by atoms with Crippen LogP contribution in [0.4, 0.5) is 4.39 Å². The highest BCUT2D eigenvalue weighted by atomic mass is 35.5. The minimum absolute atomic E-state index is 0.0925. The van der Waals surface area contributed by atoms with Crippen molar-refractivity contribution in [2.24, 2.45) is 5.84 Å². The molecule has 0 bridgehead atoms. The van der Waals surface area contributed by atoms with Gasteiger partial charge in [-0.1, -0.05) is 17.7 Å². The van der Waals surface area contributed by atoms with Crippen LogP contribution in [0.2, 0.25) is 5.02 Å². The fourth-order valence-electron chi connectivity index (χ4n) is 2.04. The number of hydrogen-bond acceptors (Lipinski definition) is 4. The van der Waals surface area contributed by atoms with Crippen LogP contribution in [0.3, 0.4) is 0 Å². The van der Waals surface area contributed by atoms with Gasteiger partial charge in [-0.25, -0.2) is 14.1 Å². The molecule has 1 heterocycles. The zero-order chi connectivity index (χ0) is 14.7. The van der Waals surface area contributed by atoms with Crippen molar-refractivity contribution < 1.29 is 4.39 Å². The van der Waals surface area contributed by atoms with Crippen molar-refractivity contribution in [3.8, 4) is 0 Å². The fraction of sp³-hybridized carbons (Fsp3) is 0.385. The molecule has 0 aliphatic heterocycles. The number of aromatic nitrogens is 3. The summed E-state index contributed by atoms with van der Waals surface area (Å²) in [6.45, 7) is 4.04. The van der Waals surface area contributed by atoms with Crippen LogP contribution in [-0.4, -0.2) is 14.8 Å². The lowest BCUT2D eigenvalue weighted by Crippen LogP contribution is -2.30. The van der Waals surface area contributed by atoms with Crippen LogP contribution >= 0.6 is 11.6 Å². The third-order valence-corrected chi connectivity index (χ3v) is 3.38. The normalized spacial score (nSPS) is 12.9. The Hall–Kier alpha value is -1.50. The molecule has 0 radical (unpaired) electrons. The van der Waals surface area contributed by atoms with E-state index in [0.717, 1.165) is 5.82 Å². The molecule has 3 N–H and O–H groups in total. The van der Waals surface area contributed by atoms with E-state index in [1.165, 1.54) is 18.5 Å². The summed E-state index contributed by atoms with van der Waals surface area (Å²) in [5.41, 5.74) is 3.39. The minimum atomic E-state index is -0.463. The van der Waals surface area contributed by atoms with Crippen LogP contribution in [-0.2, 0) is 6.42 Å². The van der Waals surface area contributed by atoms with Crippen LogP contribution in [0.1, 0.15) is 37.3 Å². The predicted molar refractivity (Wildman–Crippen MR) is 75.6 cm³/mol. The summed E-state index contributed by atoms with van der Waals surface area (Å²) in [5, 5.41) is 4.26. The van der Waals surface area contributed by atoms with Crippen LogP contribution in [0.5, 0.6) is 0 Å². The van der Waals surface area contributed by atoms with Gasteiger partial charge in [0.25, 0.3) is 0 Å². The molecule has 1 aromatic heterocycles. The van der Waals surface area contributed by atoms with E-state index < -0.39 is 5.82 Å². The van der Waals surface area contributed by atoms with E-state index in [2.05, 4.69) is 15.5 Å². The van der Waals surface area contributed by atoms with Gasteiger partial charge in [0.2, 0.25) is 0 Å². The number of nitrogens with two attached hydrogens (primary N) is 1. The molecule has 7 heteroatoms. The Morgan fingerprint density at radius 2 is 2.20 bits per heavy atom. The highest BCUT2D eigenvalue weighted by molar-refractivity contribution is 6.30. The molecular formula is C13H17ClFN5. The van der Waals surface area contributed by atoms with Gasteiger partial charge >= 0.3 is 0 Å². The van der Waals surface area contributed by atoms with E-state index >= 15 is 0 Å². The van der Waals surface area contributed by atoms with Gasteiger partial charge in [-0.15, -0.1) is 0 Å². The van der Waals surface area contributed by atoms with Gasteiger partial charge in [0.1, 0.15) is 18.0 Å². The SMILES string of the molecule is CC(C)n1ncnc1CC(NN)c1ccc(Cl)c(F)c1. The average Bonchev–Trinajstić information content (AvgIpc) is 2.87. The van der Waals surface area contributed by atoms with E-state index in [1.54, 1.807) is 6.07 Å². The molecule has 5 nitrogen and oxygen atoms in total. The van der Waals surface area contributed by atoms with E-state index in [1.807, 2.05) is 18.5 Å². The van der Waals surface area contributed by atoms with Gasteiger partial charge in [-0.2, -0.15) is 5.10 Å². The lowest BCUT2D eigenvalue weighted by Gasteiger charge is -2.17. The number of rotatable bonds is 5. The Morgan fingerprint density at radius 1 is 1.45 bits per heavy atom. The van der Waals surface area contributed by atoms with Gasteiger partial charge in [0.15, 0.2) is 0 Å². The number of benzene rings is 1. The van der Waals surface area contributed by atoms with Crippen molar-refractivity contribution >= 4 is 11.6 Å². The maximum atomic E-state index is 13.5. The van der Waals surface area contributed by atoms with E-state index in [0.29, 0.717) is 12.0 Å². The highest BCUT2D eigenvalue weighted by Gasteiger charge is 2.17. The molecule has 1 atom stereocenters. The second kappa shape index (κ2) is 6.30. The standard InChI is InChI=1S/C13H17ClFN5/c1-8(2)20-13(17-7-18-20)6-12(19-16)9-3-4-10(14)11(15)5-9/h3-5,7-8,12,19H,6,16H2,1-2H3. The number of halogens is 2. The van der Waals surface area contributed by atoms with Crippen LogP contribution < -0.4 is 11.3 Å². The molecule has 0 saturated heterocycles. The van der Waals surface area contributed by atoms with Crippen LogP contribution in [0.25, 0.3) is 0 Å². The van der Waals surface area contributed by atoms with Gasteiger partial charge < -0.3 is 0 Å². The second-order valence-corrected chi connectivity index (χ2v) is 5.22. The van der Waals surface area contributed by atoms with Crippen molar-refractivity contribution in [2.45, 2.75) is 32.4 Å². The van der Waals surface area contributed by atoms with E-state index in [9.17, 15) is 4.39 Å². The first-order valence-electron chi connectivity index (χ1n) is 6.32. The quantitative estimate of drug-likeness (QED) is 0.657. The van der Waals surface area contributed by atoms with Crippen molar-refractivity contribution in [3.05, 3.63) is 46.8 Å². The van der Waals surface area contributed by atoms with Gasteiger partial charge in [-0.3, -0.25) is 11.3 Å². The first-order chi connectivity index (χ1) is 9.52. The maximum Gasteiger partial charge on any atom is 0.142 e. The van der Waals surface area contributed by atoms with E-state index in [-0.39, 0.29) is 17.1 Å². The number of hydrazine groups is 1. The first kappa shape index (κ1) is 14.9. The van der Waals surface area contributed by atoms with Gasteiger partial charge in [0, 0.05) is 12.5 Å². The average molecular weight is 298 g/mol. The summed E-state index contributed by atoms with van der Waals surface area (Å²) in [4.78, 5) is 4.23. The zero-order valence-electron chi connectivity index (χ0n) is 11.3. The highest BCUT2D eigenvalue weighted by Crippen LogP contribution is 2.22. The molecular weight excluding hydrogens is 281 g/mol. The van der Waals surface area contributed by atoms with Crippen LogP contribution in [0, 0.1) is 5.82 Å². The molecule has 0 aliphatic carbocycles. The summed E-state index contributed by atoms with van der Waals surface area (Å²) in [5.74, 6) is 5.90. The van der Waals surface area contributed by atoms with Crippen molar-refractivity contribution in [2.75, 3.05) is 0 Å². The molecule has 0 fully saturated rings. The monoisotopic (exact) mass is 297 g/mol. The zero-order valence-corrected chi connectivity index (χ0v) is 12.1. The Balaban J connectivity index is 2.24. The summed E-state index contributed by atoms with van der Waals surface area (Å²) in [6.07, 6.45) is 2.01. The molecule has 0 spiro atoms. The van der Waals surface area contributed by atoms with Crippen molar-refractivity contribution in [1.82, 2.24) is 20.2 Å². The smallest absolute Gasteiger partial charge is 0.142 e. The lowest BCUT2D eigenvalue weighted by molar-refractivity contribution is 0.467. The molecule has 0 saturated carbocycles. The third kappa shape index (κ3) is 3.15. The Morgan fingerprint density at radius 3 is 2.80 bits per heavy atom. The lowest BCUT2D eigenvalue weighted by atomic mass is 10.0. The number of hydrogen-bond donors (Lipinski definition) is 2. The van der Waals surface area contributed by atoms with Crippen LogP contribution in [0.15, 0.2) is 24.5 Å². The molecule has 1 aromatic carbocycles. The first-order valence-corrected chi connectivity index (χ1v) is 6.70. The predicted octanol–water partition coefficient (Wildman–Crippen LogP) is 2.40. The summed E-state index contributed by atoms with van der Waals surface area (Å²) in [7, 11) is 0. The fourth-order valence-corrected chi connectivity index (χ4v) is 2.15. The number of nitrogens with zero attached hydrogens (tertiary/aromatic N) is 3. The summed E-state index contributed by atoms with van der Waals surface area (Å²) >= 11 is 5.68. The molecule has 2 rings (SSSR count). The molecule has 0 aliphatic rings. The van der Waals surface area contributed by atoms with Crippen molar-refractivity contribution in [1.29, 1.82) is 0 Å². The van der Waals surface area contributed by atoms with Gasteiger partial charge in [-0.05, 0) is 31.5 Å². The van der Waals surface area contributed by atoms with Gasteiger partial charge in [0.05, 0.1) is 11.1 Å². The minimum Gasteiger partial charge on any atom is -0.271 e. The Labute approximate surface area is 121 Å². The molecule has 20 heavy (non-hydrogen) atoms. The Bertz CT molecular complexity index is 584.